The van der Waals surface area contributed by atoms with E-state index in [9.17, 15) is 0 Å². The van der Waals surface area contributed by atoms with E-state index >= 15 is 0 Å². The molecule has 2 aromatic rings. The van der Waals surface area contributed by atoms with Crippen molar-refractivity contribution in [2.45, 2.75) is 13.5 Å². The van der Waals surface area contributed by atoms with Gasteiger partial charge in [-0.25, -0.2) is 0 Å². The fraction of sp³-hybridized carbons (Fsp3) is 0.182. The van der Waals surface area contributed by atoms with E-state index in [1.54, 1.807) is 0 Å². The van der Waals surface area contributed by atoms with Gasteiger partial charge in [0.25, 0.3) is 0 Å². The molecular formula is C11H10BrClN2. The minimum atomic E-state index is 0.743. The lowest BCUT2D eigenvalue weighted by Crippen LogP contribution is -1.98. The Morgan fingerprint density at radius 2 is 2.20 bits per heavy atom. The summed E-state index contributed by atoms with van der Waals surface area (Å²) in [6, 6.07) is 9.78. The highest BCUT2D eigenvalue weighted by Gasteiger charge is 2.07. The fourth-order valence-electron chi connectivity index (χ4n) is 1.51. The molecule has 4 heteroatoms. The zero-order valence-corrected chi connectivity index (χ0v) is 10.6. The van der Waals surface area contributed by atoms with Gasteiger partial charge in [-0.3, -0.25) is 4.68 Å². The van der Waals surface area contributed by atoms with Crippen LogP contribution < -0.4 is 0 Å². The number of benzene rings is 1. The number of rotatable bonds is 2. The Morgan fingerprint density at radius 1 is 1.40 bits per heavy atom. The largest absolute Gasteiger partial charge is 0.264 e. The van der Waals surface area contributed by atoms with Crippen LogP contribution in [0.5, 0.6) is 0 Å². The highest BCUT2D eigenvalue weighted by molar-refractivity contribution is 9.10. The summed E-state index contributed by atoms with van der Waals surface area (Å²) in [5, 5.41) is 5.07. The molecule has 1 heterocycles. The third-order valence-electron chi connectivity index (χ3n) is 2.17. The summed E-state index contributed by atoms with van der Waals surface area (Å²) in [7, 11) is 0. The second-order valence-corrected chi connectivity index (χ2v) is 4.43. The Morgan fingerprint density at radius 3 is 2.87 bits per heavy atom. The van der Waals surface area contributed by atoms with Gasteiger partial charge in [-0.1, -0.05) is 23.7 Å². The summed E-state index contributed by atoms with van der Waals surface area (Å²) in [5.74, 6) is 0. The van der Waals surface area contributed by atoms with Crippen molar-refractivity contribution in [2.24, 2.45) is 0 Å². The molecule has 1 aromatic carbocycles. The first-order valence-electron chi connectivity index (χ1n) is 4.70. The van der Waals surface area contributed by atoms with Crippen molar-refractivity contribution in [3.05, 3.63) is 40.0 Å². The van der Waals surface area contributed by atoms with Gasteiger partial charge in [-0.15, -0.1) is 0 Å². The highest BCUT2D eigenvalue weighted by atomic mass is 79.9. The first-order valence-corrected chi connectivity index (χ1v) is 5.87. The average molecular weight is 286 g/mol. The van der Waals surface area contributed by atoms with Crippen molar-refractivity contribution >= 4 is 27.5 Å². The summed E-state index contributed by atoms with van der Waals surface area (Å²) in [6.07, 6.45) is 0. The molecule has 0 bridgehead atoms. The van der Waals surface area contributed by atoms with Gasteiger partial charge in [0, 0.05) is 17.1 Å². The van der Waals surface area contributed by atoms with Crippen molar-refractivity contribution in [3.63, 3.8) is 0 Å². The molecule has 0 saturated carbocycles. The van der Waals surface area contributed by atoms with Crippen molar-refractivity contribution in [1.82, 2.24) is 9.78 Å². The van der Waals surface area contributed by atoms with Gasteiger partial charge in [0.1, 0.15) is 4.60 Å². The Hall–Kier alpha value is -0.800. The maximum atomic E-state index is 5.96. The molecule has 2 nitrogen and oxygen atoms in total. The van der Waals surface area contributed by atoms with E-state index in [2.05, 4.69) is 28.0 Å². The number of aromatic nitrogens is 2. The number of hydrogen-bond acceptors (Lipinski definition) is 1. The predicted molar refractivity (Wildman–Crippen MR) is 66.0 cm³/mol. The van der Waals surface area contributed by atoms with Gasteiger partial charge in [0.05, 0.1) is 5.69 Å². The Balaban J connectivity index is 2.53. The Kier molecular flexibility index (Phi) is 3.12. The third kappa shape index (κ3) is 2.24. The van der Waals surface area contributed by atoms with E-state index in [-0.39, 0.29) is 0 Å². The minimum Gasteiger partial charge on any atom is -0.264 e. The van der Waals surface area contributed by atoms with E-state index in [0.717, 1.165) is 27.4 Å². The lowest BCUT2D eigenvalue weighted by atomic mass is 10.1. The van der Waals surface area contributed by atoms with Crippen molar-refractivity contribution in [2.75, 3.05) is 0 Å². The van der Waals surface area contributed by atoms with Crippen molar-refractivity contribution < 1.29 is 0 Å². The van der Waals surface area contributed by atoms with Crippen LogP contribution in [-0.2, 0) is 6.54 Å². The molecule has 0 amide bonds. The summed E-state index contributed by atoms with van der Waals surface area (Å²) in [4.78, 5) is 0. The first kappa shape index (κ1) is 10.7. The summed E-state index contributed by atoms with van der Waals surface area (Å²) in [6.45, 7) is 2.90. The van der Waals surface area contributed by atoms with Crippen LogP contribution in [0.15, 0.2) is 34.9 Å². The first-order chi connectivity index (χ1) is 7.20. The molecule has 0 aliphatic heterocycles. The molecule has 0 spiro atoms. The van der Waals surface area contributed by atoms with Gasteiger partial charge in [-0.05, 0) is 41.1 Å². The van der Waals surface area contributed by atoms with Crippen molar-refractivity contribution in [1.29, 1.82) is 0 Å². The molecule has 0 atom stereocenters. The standard InChI is InChI=1S/C11H10BrClN2/c1-2-15-10(7-11(12)14-15)8-4-3-5-9(13)6-8/h3-7H,2H2,1H3. The van der Waals surface area contributed by atoms with Crippen molar-refractivity contribution in [3.8, 4) is 11.3 Å². The van der Waals surface area contributed by atoms with E-state index in [1.807, 2.05) is 35.0 Å². The zero-order valence-electron chi connectivity index (χ0n) is 8.24. The van der Waals surface area contributed by atoms with Gasteiger partial charge >= 0.3 is 0 Å². The Labute approximate surface area is 102 Å². The third-order valence-corrected chi connectivity index (χ3v) is 2.79. The zero-order chi connectivity index (χ0) is 10.8. The van der Waals surface area contributed by atoms with Gasteiger partial charge in [-0.2, -0.15) is 5.10 Å². The average Bonchev–Trinajstić information content (AvgIpc) is 2.59. The second-order valence-electron chi connectivity index (χ2n) is 3.18. The second kappa shape index (κ2) is 4.37. The monoisotopic (exact) mass is 284 g/mol. The molecule has 0 aliphatic rings. The quantitative estimate of drug-likeness (QED) is 0.816. The fourth-order valence-corrected chi connectivity index (χ4v) is 2.11. The van der Waals surface area contributed by atoms with Crippen LogP contribution in [0, 0.1) is 0 Å². The van der Waals surface area contributed by atoms with Gasteiger partial charge < -0.3 is 0 Å². The summed E-state index contributed by atoms with van der Waals surface area (Å²) >= 11 is 9.33. The molecule has 0 fully saturated rings. The van der Waals surface area contributed by atoms with Crippen LogP contribution in [-0.4, -0.2) is 9.78 Å². The maximum Gasteiger partial charge on any atom is 0.128 e. The smallest absolute Gasteiger partial charge is 0.128 e. The molecule has 0 unspecified atom stereocenters. The van der Waals surface area contributed by atoms with E-state index < -0.39 is 0 Å². The normalized spacial score (nSPS) is 10.6. The van der Waals surface area contributed by atoms with Crippen LogP contribution in [0.2, 0.25) is 5.02 Å². The van der Waals surface area contributed by atoms with Crippen LogP contribution in [0.4, 0.5) is 0 Å². The molecule has 78 valence electrons. The molecule has 1 aromatic heterocycles. The SMILES string of the molecule is CCn1nc(Br)cc1-c1cccc(Cl)c1. The summed E-state index contributed by atoms with van der Waals surface area (Å²) in [5.41, 5.74) is 2.16. The molecule has 2 rings (SSSR count). The number of hydrogen-bond donors (Lipinski definition) is 0. The number of aryl methyl sites for hydroxylation is 1. The minimum absolute atomic E-state index is 0.743. The topological polar surface area (TPSA) is 17.8 Å². The van der Waals surface area contributed by atoms with Crippen LogP contribution in [0.3, 0.4) is 0 Å². The van der Waals surface area contributed by atoms with E-state index in [4.69, 9.17) is 11.6 Å². The van der Waals surface area contributed by atoms with Gasteiger partial charge in [0.15, 0.2) is 0 Å². The molecule has 0 aliphatic carbocycles. The molecule has 15 heavy (non-hydrogen) atoms. The highest BCUT2D eigenvalue weighted by Crippen LogP contribution is 2.25. The predicted octanol–water partition coefficient (Wildman–Crippen LogP) is 3.99. The number of nitrogens with zero attached hydrogens (tertiary/aromatic N) is 2. The van der Waals surface area contributed by atoms with Crippen LogP contribution >= 0.6 is 27.5 Å². The lowest BCUT2D eigenvalue weighted by molar-refractivity contribution is 0.662. The number of halogens is 2. The molecule has 0 radical (unpaired) electrons. The summed E-state index contributed by atoms with van der Waals surface area (Å²) < 4.78 is 2.79. The van der Waals surface area contributed by atoms with Crippen LogP contribution in [0.1, 0.15) is 6.92 Å². The van der Waals surface area contributed by atoms with Crippen LogP contribution in [0.25, 0.3) is 11.3 Å². The van der Waals surface area contributed by atoms with E-state index in [1.165, 1.54) is 0 Å². The molecule has 0 saturated heterocycles. The Bertz CT molecular complexity index is 479. The molecular weight excluding hydrogens is 275 g/mol. The molecule has 0 N–H and O–H groups in total. The lowest BCUT2D eigenvalue weighted by Gasteiger charge is -2.04. The van der Waals surface area contributed by atoms with E-state index in [0.29, 0.717) is 0 Å². The maximum absolute atomic E-state index is 5.96. The van der Waals surface area contributed by atoms with Gasteiger partial charge in [0.2, 0.25) is 0 Å².